The zero-order valence-electron chi connectivity index (χ0n) is 14.1. The summed E-state index contributed by atoms with van der Waals surface area (Å²) in [5, 5.41) is 0. The lowest BCUT2D eigenvalue weighted by Gasteiger charge is -2.32. The summed E-state index contributed by atoms with van der Waals surface area (Å²) in [6.45, 7) is 3.68. The van der Waals surface area contributed by atoms with Crippen molar-refractivity contribution < 1.29 is 9.59 Å². The van der Waals surface area contributed by atoms with E-state index in [1.54, 1.807) is 0 Å². The van der Waals surface area contributed by atoms with Crippen molar-refractivity contribution in [1.29, 1.82) is 0 Å². The van der Waals surface area contributed by atoms with Crippen LogP contribution in [0.1, 0.15) is 58.9 Å². The molecule has 2 aromatic carbocycles. The first kappa shape index (κ1) is 16.4. The lowest BCUT2D eigenvalue weighted by atomic mass is 9.94. The second-order valence-electron chi connectivity index (χ2n) is 6.22. The van der Waals surface area contributed by atoms with Crippen LogP contribution in [0.15, 0.2) is 48.5 Å². The number of nitrogens with zero attached hydrogens (tertiary/aromatic N) is 1. The predicted molar refractivity (Wildman–Crippen MR) is 97.0 cm³/mol. The van der Waals surface area contributed by atoms with Crippen molar-refractivity contribution in [1.82, 2.24) is 0 Å². The average Bonchev–Trinajstić information content (AvgIpc) is 2.67. The van der Waals surface area contributed by atoms with Gasteiger partial charge in [-0.25, -0.2) is 0 Å². The number of hydrogen-bond acceptors (Lipinski definition) is 3. The molecule has 3 rings (SSSR count). The first-order valence-electron chi connectivity index (χ1n) is 8.73. The number of benzene rings is 2. The van der Waals surface area contributed by atoms with Gasteiger partial charge in [0.05, 0.1) is 5.69 Å². The summed E-state index contributed by atoms with van der Waals surface area (Å²) in [7, 11) is 0. The number of Topliss-reactive ketones (excluding diaryl/α,β-unsaturated/α-hetero) is 1. The SMILES string of the molecule is CCC(=O)c1cccc(C(=O)c2ccccc2)c1N1CCCCC1. The van der Waals surface area contributed by atoms with Gasteiger partial charge in [0.15, 0.2) is 11.6 Å². The molecular weight excluding hydrogens is 298 g/mol. The number of anilines is 1. The van der Waals surface area contributed by atoms with Crippen LogP contribution in [0.25, 0.3) is 0 Å². The van der Waals surface area contributed by atoms with E-state index in [1.807, 2.05) is 55.5 Å². The van der Waals surface area contributed by atoms with Crippen molar-refractivity contribution in [2.75, 3.05) is 18.0 Å². The molecule has 24 heavy (non-hydrogen) atoms. The third-order valence-electron chi connectivity index (χ3n) is 4.61. The molecule has 0 N–H and O–H groups in total. The Morgan fingerprint density at radius 1 is 0.875 bits per heavy atom. The number of carbonyl (C=O) groups is 2. The molecule has 0 spiro atoms. The van der Waals surface area contributed by atoms with Gasteiger partial charge in [-0.15, -0.1) is 0 Å². The third-order valence-corrected chi connectivity index (χ3v) is 4.61. The molecule has 1 aliphatic rings. The van der Waals surface area contributed by atoms with Crippen LogP contribution >= 0.6 is 0 Å². The second-order valence-corrected chi connectivity index (χ2v) is 6.22. The van der Waals surface area contributed by atoms with Crippen LogP contribution in [-0.2, 0) is 0 Å². The highest BCUT2D eigenvalue weighted by atomic mass is 16.1. The second kappa shape index (κ2) is 7.43. The Morgan fingerprint density at radius 3 is 2.21 bits per heavy atom. The minimum atomic E-state index is -0.0121. The summed E-state index contributed by atoms with van der Waals surface area (Å²) in [6.07, 6.45) is 3.87. The lowest BCUT2D eigenvalue weighted by molar-refractivity contribution is 0.0988. The zero-order chi connectivity index (χ0) is 16.9. The topological polar surface area (TPSA) is 37.4 Å². The molecule has 0 aliphatic carbocycles. The van der Waals surface area contributed by atoms with Crippen LogP contribution in [0.2, 0.25) is 0 Å². The molecule has 0 unspecified atom stereocenters. The van der Waals surface area contributed by atoms with Crippen LogP contribution in [0.3, 0.4) is 0 Å². The maximum atomic E-state index is 13.0. The molecule has 3 heteroatoms. The smallest absolute Gasteiger partial charge is 0.195 e. The Balaban J connectivity index is 2.11. The average molecular weight is 321 g/mol. The molecular formula is C21H23NO2. The highest BCUT2D eigenvalue weighted by Gasteiger charge is 2.24. The summed E-state index contributed by atoms with van der Waals surface area (Å²) in [5.41, 5.74) is 2.82. The van der Waals surface area contributed by atoms with Crippen LogP contribution in [0, 0.1) is 0 Å². The van der Waals surface area contributed by atoms with Gasteiger partial charge in [0, 0.05) is 36.2 Å². The quantitative estimate of drug-likeness (QED) is 0.761. The van der Waals surface area contributed by atoms with E-state index in [-0.39, 0.29) is 11.6 Å². The molecule has 0 radical (unpaired) electrons. The number of carbonyl (C=O) groups excluding carboxylic acids is 2. The molecule has 1 fully saturated rings. The fraction of sp³-hybridized carbons (Fsp3) is 0.333. The number of para-hydroxylation sites is 1. The minimum Gasteiger partial charge on any atom is -0.370 e. The fourth-order valence-corrected chi connectivity index (χ4v) is 3.35. The minimum absolute atomic E-state index is 0.0121. The molecule has 124 valence electrons. The summed E-state index contributed by atoms with van der Waals surface area (Å²) < 4.78 is 0. The summed E-state index contributed by atoms with van der Waals surface area (Å²) >= 11 is 0. The maximum absolute atomic E-state index is 13.0. The summed E-state index contributed by atoms with van der Waals surface area (Å²) in [6, 6.07) is 14.8. The van der Waals surface area contributed by atoms with E-state index in [2.05, 4.69) is 4.90 Å². The third kappa shape index (κ3) is 3.25. The van der Waals surface area contributed by atoms with Crippen LogP contribution in [0.5, 0.6) is 0 Å². The molecule has 0 bridgehead atoms. The van der Waals surface area contributed by atoms with Crippen LogP contribution in [-0.4, -0.2) is 24.7 Å². The number of hydrogen-bond donors (Lipinski definition) is 0. The van der Waals surface area contributed by atoms with Gasteiger partial charge in [0.25, 0.3) is 0 Å². The maximum Gasteiger partial charge on any atom is 0.195 e. The van der Waals surface area contributed by atoms with E-state index >= 15 is 0 Å². The van der Waals surface area contributed by atoms with Crippen LogP contribution < -0.4 is 4.90 Å². The highest BCUT2D eigenvalue weighted by molar-refractivity contribution is 6.15. The zero-order valence-corrected chi connectivity index (χ0v) is 14.1. The summed E-state index contributed by atoms with van der Waals surface area (Å²) in [4.78, 5) is 27.7. The Labute approximate surface area is 143 Å². The predicted octanol–water partition coefficient (Wildman–Crippen LogP) is 4.50. The Bertz CT molecular complexity index is 731. The van der Waals surface area contributed by atoms with Gasteiger partial charge >= 0.3 is 0 Å². The largest absolute Gasteiger partial charge is 0.370 e. The molecule has 0 amide bonds. The van der Waals surface area contributed by atoms with E-state index in [9.17, 15) is 9.59 Å². The summed E-state index contributed by atoms with van der Waals surface area (Å²) in [5.74, 6) is 0.0835. The monoisotopic (exact) mass is 321 g/mol. The molecule has 1 aliphatic heterocycles. The molecule has 3 nitrogen and oxygen atoms in total. The van der Waals surface area contributed by atoms with Crippen molar-refractivity contribution >= 4 is 17.3 Å². The van der Waals surface area contributed by atoms with E-state index in [4.69, 9.17) is 0 Å². The molecule has 0 saturated carbocycles. The van der Waals surface area contributed by atoms with Gasteiger partial charge in [-0.1, -0.05) is 43.3 Å². The van der Waals surface area contributed by atoms with Gasteiger partial charge < -0.3 is 4.90 Å². The van der Waals surface area contributed by atoms with Crippen molar-refractivity contribution in [2.24, 2.45) is 0 Å². The normalized spacial score (nSPS) is 14.5. The van der Waals surface area contributed by atoms with Crippen LogP contribution in [0.4, 0.5) is 5.69 Å². The van der Waals surface area contributed by atoms with Gasteiger partial charge in [-0.2, -0.15) is 0 Å². The molecule has 2 aromatic rings. The van der Waals surface area contributed by atoms with E-state index in [0.717, 1.165) is 31.6 Å². The molecule has 0 atom stereocenters. The lowest BCUT2D eigenvalue weighted by Crippen LogP contribution is -2.32. The molecule has 1 saturated heterocycles. The standard InChI is InChI=1S/C21H23NO2/c1-2-19(23)17-12-9-13-18(20(17)22-14-7-4-8-15-22)21(24)16-10-5-3-6-11-16/h3,5-6,9-13H,2,4,7-8,14-15H2,1H3. The van der Waals surface area contributed by atoms with E-state index < -0.39 is 0 Å². The Kier molecular flexibility index (Phi) is 5.09. The van der Waals surface area contributed by atoms with Crippen molar-refractivity contribution in [3.05, 3.63) is 65.2 Å². The molecule has 1 heterocycles. The van der Waals surface area contributed by atoms with Crippen molar-refractivity contribution in [3.8, 4) is 0 Å². The van der Waals surface area contributed by atoms with Gasteiger partial charge in [-0.05, 0) is 31.4 Å². The number of piperidine rings is 1. The van der Waals surface area contributed by atoms with Gasteiger partial charge in [-0.3, -0.25) is 9.59 Å². The molecule has 0 aromatic heterocycles. The first-order chi connectivity index (χ1) is 11.7. The van der Waals surface area contributed by atoms with Crippen molar-refractivity contribution in [2.45, 2.75) is 32.6 Å². The highest BCUT2D eigenvalue weighted by Crippen LogP contribution is 2.31. The first-order valence-corrected chi connectivity index (χ1v) is 8.73. The van der Waals surface area contributed by atoms with Gasteiger partial charge in [0.1, 0.15) is 0 Å². The Morgan fingerprint density at radius 2 is 1.54 bits per heavy atom. The van der Waals surface area contributed by atoms with Crippen molar-refractivity contribution in [3.63, 3.8) is 0 Å². The van der Waals surface area contributed by atoms with E-state index in [1.165, 1.54) is 6.42 Å². The van der Waals surface area contributed by atoms with Gasteiger partial charge in [0.2, 0.25) is 0 Å². The number of ketones is 2. The van der Waals surface area contributed by atoms with E-state index in [0.29, 0.717) is 23.1 Å². The Hall–Kier alpha value is -2.42. The fourth-order valence-electron chi connectivity index (χ4n) is 3.35. The number of rotatable bonds is 5.